The van der Waals surface area contributed by atoms with Crippen molar-refractivity contribution in [3.63, 3.8) is 0 Å². The Morgan fingerprint density at radius 3 is 2.36 bits per heavy atom. The van der Waals surface area contributed by atoms with Crippen LogP contribution in [0.1, 0.15) is 0 Å². The van der Waals surface area contributed by atoms with Crippen molar-refractivity contribution in [2.45, 2.75) is 0 Å². The lowest BCUT2D eigenvalue weighted by molar-refractivity contribution is 0.568. The zero-order chi connectivity index (χ0) is 10.1. The van der Waals surface area contributed by atoms with Gasteiger partial charge < -0.3 is 4.42 Å². The van der Waals surface area contributed by atoms with Crippen LogP contribution < -0.4 is 0 Å². The maximum atomic E-state index is 5.91. The number of nitrogens with zero attached hydrogens (tertiary/aromatic N) is 2. The second kappa shape index (κ2) is 3.88. The highest BCUT2D eigenvalue weighted by atomic mass is 79.9. The van der Waals surface area contributed by atoms with E-state index in [0.717, 1.165) is 0 Å². The number of rotatable bonds is 1. The summed E-state index contributed by atoms with van der Waals surface area (Å²) in [6, 6.07) is 3.40. The highest BCUT2D eigenvalue weighted by Crippen LogP contribution is 2.34. The molecule has 0 aliphatic rings. The van der Waals surface area contributed by atoms with Crippen LogP contribution in [-0.4, -0.2) is 10.2 Å². The molecule has 0 saturated heterocycles. The second-order valence-electron chi connectivity index (χ2n) is 2.50. The van der Waals surface area contributed by atoms with E-state index in [1.807, 2.05) is 0 Å². The minimum Gasteiger partial charge on any atom is -0.423 e. The summed E-state index contributed by atoms with van der Waals surface area (Å²) in [6.07, 6.45) is 1.25. The Bertz CT molecular complexity index is 435. The molecule has 2 aromatic rings. The summed E-state index contributed by atoms with van der Waals surface area (Å²) in [5, 5.41) is 8.33. The van der Waals surface area contributed by atoms with Crippen LogP contribution in [0.3, 0.4) is 0 Å². The largest absolute Gasteiger partial charge is 0.423 e. The lowest BCUT2D eigenvalue weighted by Gasteiger charge is -2.01. The van der Waals surface area contributed by atoms with Gasteiger partial charge in [-0.3, -0.25) is 0 Å². The molecule has 0 bridgehead atoms. The van der Waals surface area contributed by atoms with Crippen molar-refractivity contribution in [3.8, 4) is 11.5 Å². The van der Waals surface area contributed by atoms with Gasteiger partial charge in [-0.1, -0.05) is 23.2 Å². The molecule has 0 aliphatic heterocycles. The van der Waals surface area contributed by atoms with E-state index in [9.17, 15) is 0 Å². The van der Waals surface area contributed by atoms with Gasteiger partial charge in [0, 0.05) is 5.56 Å². The maximum Gasteiger partial charge on any atom is 0.247 e. The maximum absolute atomic E-state index is 5.91. The average Bonchev–Trinajstić information content (AvgIpc) is 2.66. The minimum absolute atomic E-state index is 0.390. The van der Waals surface area contributed by atoms with Crippen LogP contribution in [0.2, 0.25) is 10.0 Å². The van der Waals surface area contributed by atoms with Crippen molar-refractivity contribution in [1.29, 1.82) is 0 Å². The first kappa shape index (κ1) is 9.96. The van der Waals surface area contributed by atoms with Crippen molar-refractivity contribution >= 4 is 39.1 Å². The van der Waals surface area contributed by atoms with Gasteiger partial charge in [0.05, 0.1) is 14.5 Å². The Balaban J connectivity index is 2.57. The Labute approximate surface area is 98.2 Å². The molecular formula is C8H3BrCl2N2O. The topological polar surface area (TPSA) is 38.9 Å². The fourth-order valence-corrected chi connectivity index (χ4v) is 1.69. The van der Waals surface area contributed by atoms with Crippen molar-refractivity contribution in [2.24, 2.45) is 0 Å². The smallest absolute Gasteiger partial charge is 0.247 e. The normalized spacial score (nSPS) is 10.5. The van der Waals surface area contributed by atoms with Crippen LogP contribution in [0.15, 0.2) is 27.4 Å². The third kappa shape index (κ3) is 1.78. The molecule has 1 heterocycles. The zero-order valence-electron chi connectivity index (χ0n) is 6.67. The highest BCUT2D eigenvalue weighted by molar-refractivity contribution is 9.10. The van der Waals surface area contributed by atoms with E-state index in [-0.39, 0.29) is 0 Å². The molecule has 0 N–H and O–H groups in total. The van der Waals surface area contributed by atoms with E-state index < -0.39 is 0 Å². The summed E-state index contributed by atoms with van der Waals surface area (Å²) in [4.78, 5) is 0. The summed E-state index contributed by atoms with van der Waals surface area (Å²) in [5.41, 5.74) is 0.695. The lowest BCUT2D eigenvalue weighted by Crippen LogP contribution is -1.80. The predicted molar refractivity (Wildman–Crippen MR) is 57.5 cm³/mol. The van der Waals surface area contributed by atoms with E-state index in [1.54, 1.807) is 12.1 Å². The van der Waals surface area contributed by atoms with Crippen molar-refractivity contribution in [2.75, 3.05) is 0 Å². The van der Waals surface area contributed by atoms with E-state index in [1.165, 1.54) is 6.39 Å². The molecular weight excluding hydrogens is 291 g/mol. The van der Waals surface area contributed by atoms with Gasteiger partial charge in [-0.05, 0) is 28.1 Å². The van der Waals surface area contributed by atoms with E-state index in [2.05, 4.69) is 26.1 Å². The summed E-state index contributed by atoms with van der Waals surface area (Å²) in [7, 11) is 0. The molecule has 0 radical (unpaired) electrons. The molecule has 0 aliphatic carbocycles. The van der Waals surface area contributed by atoms with E-state index >= 15 is 0 Å². The summed E-state index contributed by atoms with van der Waals surface area (Å²) in [5.74, 6) is 0.390. The molecule has 6 heteroatoms. The molecule has 0 saturated carbocycles. The van der Waals surface area contributed by atoms with Gasteiger partial charge in [0.15, 0.2) is 0 Å². The second-order valence-corrected chi connectivity index (χ2v) is 4.11. The molecule has 3 nitrogen and oxygen atoms in total. The number of aromatic nitrogens is 2. The Morgan fingerprint density at radius 1 is 1.21 bits per heavy atom. The monoisotopic (exact) mass is 292 g/mol. The summed E-state index contributed by atoms with van der Waals surface area (Å²) in [6.45, 7) is 0. The molecule has 0 unspecified atom stereocenters. The molecule has 14 heavy (non-hydrogen) atoms. The molecule has 0 amide bonds. The van der Waals surface area contributed by atoms with Gasteiger partial charge in [0.1, 0.15) is 0 Å². The number of benzene rings is 1. The molecule has 1 aromatic heterocycles. The number of halogens is 3. The third-order valence-electron chi connectivity index (χ3n) is 1.59. The first-order valence-corrected chi connectivity index (χ1v) is 5.14. The summed E-state index contributed by atoms with van der Waals surface area (Å²) >= 11 is 15.1. The van der Waals surface area contributed by atoms with Crippen LogP contribution in [-0.2, 0) is 0 Å². The van der Waals surface area contributed by atoms with Crippen LogP contribution >= 0.6 is 39.1 Å². The zero-order valence-corrected chi connectivity index (χ0v) is 9.77. The SMILES string of the molecule is Clc1cc(-c2nnco2)cc(Cl)c1Br. The number of hydrogen-bond donors (Lipinski definition) is 0. The molecule has 2 rings (SSSR count). The fourth-order valence-electron chi connectivity index (χ4n) is 0.978. The van der Waals surface area contributed by atoms with Gasteiger partial charge in [0.25, 0.3) is 0 Å². The quantitative estimate of drug-likeness (QED) is 0.751. The molecule has 0 atom stereocenters. The first-order chi connectivity index (χ1) is 6.68. The predicted octanol–water partition coefficient (Wildman–Crippen LogP) is 3.81. The highest BCUT2D eigenvalue weighted by Gasteiger charge is 2.09. The van der Waals surface area contributed by atoms with Crippen LogP contribution in [0.25, 0.3) is 11.5 Å². The molecule has 72 valence electrons. The van der Waals surface area contributed by atoms with Gasteiger partial charge >= 0.3 is 0 Å². The third-order valence-corrected chi connectivity index (χ3v) is 3.50. The minimum atomic E-state index is 0.390. The van der Waals surface area contributed by atoms with Crippen LogP contribution in [0.5, 0.6) is 0 Å². The van der Waals surface area contributed by atoms with Gasteiger partial charge in [-0.2, -0.15) is 0 Å². The van der Waals surface area contributed by atoms with E-state index in [4.69, 9.17) is 27.6 Å². The Hall–Kier alpha value is -0.580. The van der Waals surface area contributed by atoms with Crippen LogP contribution in [0.4, 0.5) is 0 Å². The van der Waals surface area contributed by atoms with Gasteiger partial charge in [-0.15, -0.1) is 10.2 Å². The number of hydrogen-bond acceptors (Lipinski definition) is 3. The van der Waals surface area contributed by atoms with Crippen molar-refractivity contribution in [3.05, 3.63) is 33.0 Å². The Kier molecular flexibility index (Phi) is 2.76. The standard InChI is InChI=1S/C8H3BrCl2N2O/c9-7-5(10)1-4(2-6(7)11)8-13-12-3-14-8/h1-3H. The van der Waals surface area contributed by atoms with Crippen LogP contribution in [0, 0.1) is 0 Å². The van der Waals surface area contributed by atoms with Crippen molar-refractivity contribution in [1.82, 2.24) is 10.2 Å². The Morgan fingerprint density at radius 2 is 1.86 bits per heavy atom. The molecule has 0 fully saturated rings. The lowest BCUT2D eigenvalue weighted by atomic mass is 10.2. The first-order valence-electron chi connectivity index (χ1n) is 3.59. The van der Waals surface area contributed by atoms with E-state index in [0.29, 0.717) is 26.0 Å². The molecule has 1 aromatic carbocycles. The molecule has 0 spiro atoms. The fraction of sp³-hybridized carbons (Fsp3) is 0. The van der Waals surface area contributed by atoms with Gasteiger partial charge in [0.2, 0.25) is 12.3 Å². The summed E-state index contributed by atoms with van der Waals surface area (Å²) < 4.78 is 5.67. The van der Waals surface area contributed by atoms with Crippen molar-refractivity contribution < 1.29 is 4.42 Å². The van der Waals surface area contributed by atoms with Gasteiger partial charge in [-0.25, -0.2) is 0 Å². The average molecular weight is 294 g/mol.